The van der Waals surface area contributed by atoms with E-state index in [1.165, 1.54) is 42.0 Å². The molecule has 0 bridgehead atoms. The average molecular weight is 684 g/mol. The molecule has 11 aromatic rings. The van der Waals surface area contributed by atoms with E-state index >= 15 is 0 Å². The molecule has 244 valence electrons. The largest absolute Gasteiger partial charge is 0.436 e. The highest BCUT2D eigenvalue weighted by Crippen LogP contribution is 2.43. The lowest BCUT2D eigenvalue weighted by Gasteiger charge is -2.26. The van der Waals surface area contributed by atoms with Crippen molar-refractivity contribution < 1.29 is 4.42 Å². The maximum atomic E-state index is 6.31. The molecule has 0 amide bonds. The Balaban J connectivity index is 1.08. The first-order chi connectivity index (χ1) is 25.8. The molecular weight excluding hydrogens is 655 g/mol. The lowest BCUT2D eigenvalue weighted by atomic mass is 10.1. The van der Waals surface area contributed by atoms with Crippen molar-refractivity contribution in [1.29, 1.82) is 0 Å². The Morgan fingerprint density at radius 1 is 0.481 bits per heavy atom. The third-order valence-corrected chi connectivity index (χ3v) is 11.3. The highest BCUT2D eigenvalue weighted by molar-refractivity contribution is 7.25. The van der Waals surface area contributed by atoms with Crippen molar-refractivity contribution >= 4 is 92.2 Å². The van der Waals surface area contributed by atoms with Crippen molar-refractivity contribution in [1.82, 2.24) is 9.55 Å². The number of rotatable bonds is 5. The van der Waals surface area contributed by atoms with Crippen molar-refractivity contribution in [2.45, 2.75) is 0 Å². The molecule has 0 radical (unpaired) electrons. The van der Waals surface area contributed by atoms with Crippen LogP contribution in [0, 0.1) is 0 Å². The molecule has 0 aliphatic heterocycles. The van der Waals surface area contributed by atoms with Crippen LogP contribution in [0.4, 0.5) is 17.1 Å². The minimum absolute atomic E-state index is 0.617. The van der Waals surface area contributed by atoms with Crippen molar-refractivity contribution in [3.63, 3.8) is 0 Å². The first-order valence-corrected chi connectivity index (χ1v) is 18.3. The minimum atomic E-state index is 0.617. The molecule has 0 atom stereocenters. The molecule has 0 fully saturated rings. The van der Waals surface area contributed by atoms with E-state index in [9.17, 15) is 0 Å². The lowest BCUT2D eigenvalue weighted by Crippen LogP contribution is -2.09. The number of oxazole rings is 1. The summed E-state index contributed by atoms with van der Waals surface area (Å²) in [5.74, 6) is 0.617. The molecule has 0 saturated heterocycles. The van der Waals surface area contributed by atoms with E-state index in [-0.39, 0.29) is 0 Å². The van der Waals surface area contributed by atoms with Gasteiger partial charge in [-0.05, 0) is 90.3 Å². The van der Waals surface area contributed by atoms with Gasteiger partial charge in [0.25, 0.3) is 0 Å². The summed E-state index contributed by atoms with van der Waals surface area (Å²) in [6.07, 6.45) is 0. The van der Waals surface area contributed by atoms with Crippen LogP contribution < -0.4 is 4.90 Å². The van der Waals surface area contributed by atoms with Gasteiger partial charge in [-0.1, -0.05) is 91.0 Å². The van der Waals surface area contributed by atoms with E-state index in [2.05, 4.69) is 173 Å². The normalized spacial score (nSPS) is 11.8. The molecule has 52 heavy (non-hydrogen) atoms. The first-order valence-electron chi connectivity index (χ1n) is 17.5. The van der Waals surface area contributed by atoms with Crippen LogP contribution in [0.5, 0.6) is 0 Å². The SMILES string of the molecule is c1ccc(-n2c3ccccc3c3cc(N(c4ccc(-c5nc6c(ccc7ccccc76)o5)cc4)c4ccc5c(c4)sc4ccccc45)ccc32)cc1. The van der Waals surface area contributed by atoms with Gasteiger partial charge in [0, 0.05) is 64.6 Å². The van der Waals surface area contributed by atoms with Crippen LogP contribution in [0.1, 0.15) is 0 Å². The predicted molar refractivity (Wildman–Crippen MR) is 219 cm³/mol. The average Bonchev–Trinajstić information content (AvgIpc) is 3.91. The number of aromatic nitrogens is 2. The second kappa shape index (κ2) is 11.4. The number of hydrogen-bond donors (Lipinski definition) is 0. The number of nitrogens with zero attached hydrogens (tertiary/aromatic N) is 3. The highest BCUT2D eigenvalue weighted by atomic mass is 32.1. The number of hydrogen-bond acceptors (Lipinski definition) is 4. The van der Waals surface area contributed by atoms with Crippen molar-refractivity contribution in [3.8, 4) is 17.1 Å². The zero-order valence-electron chi connectivity index (χ0n) is 27.9. The van der Waals surface area contributed by atoms with Gasteiger partial charge in [0.1, 0.15) is 5.52 Å². The van der Waals surface area contributed by atoms with Gasteiger partial charge in [0.2, 0.25) is 5.89 Å². The first kappa shape index (κ1) is 29.1. The number of anilines is 3. The topological polar surface area (TPSA) is 34.2 Å². The summed E-state index contributed by atoms with van der Waals surface area (Å²) < 4.78 is 11.2. The summed E-state index contributed by atoms with van der Waals surface area (Å²) >= 11 is 1.84. The Morgan fingerprint density at radius 2 is 1.15 bits per heavy atom. The maximum Gasteiger partial charge on any atom is 0.227 e. The van der Waals surface area contributed by atoms with Gasteiger partial charge in [0.05, 0.1) is 11.0 Å². The van der Waals surface area contributed by atoms with Gasteiger partial charge in [0.15, 0.2) is 5.58 Å². The summed E-state index contributed by atoms with van der Waals surface area (Å²) in [6, 6.07) is 62.7. The molecule has 0 spiro atoms. The Labute approximate surface area is 303 Å². The predicted octanol–water partition coefficient (Wildman–Crippen LogP) is 13.6. The Kier molecular flexibility index (Phi) is 6.39. The molecule has 3 heterocycles. The van der Waals surface area contributed by atoms with Gasteiger partial charge in [-0.25, -0.2) is 4.98 Å². The zero-order valence-corrected chi connectivity index (χ0v) is 28.7. The molecule has 3 aromatic heterocycles. The van der Waals surface area contributed by atoms with E-state index in [4.69, 9.17) is 9.40 Å². The Bertz CT molecular complexity index is 3140. The molecule has 8 aromatic carbocycles. The molecule has 11 rings (SSSR count). The van der Waals surface area contributed by atoms with Crippen LogP contribution in [0.2, 0.25) is 0 Å². The smallest absolute Gasteiger partial charge is 0.227 e. The van der Waals surface area contributed by atoms with Crippen LogP contribution in [0.15, 0.2) is 180 Å². The van der Waals surface area contributed by atoms with Crippen LogP contribution in [0.25, 0.3) is 81.0 Å². The van der Waals surface area contributed by atoms with E-state index < -0.39 is 0 Å². The summed E-state index contributed by atoms with van der Waals surface area (Å²) in [5, 5.41) is 7.26. The van der Waals surface area contributed by atoms with E-state index in [1.54, 1.807) is 0 Å². The fourth-order valence-electron chi connectivity index (χ4n) is 7.79. The summed E-state index contributed by atoms with van der Waals surface area (Å²) in [6.45, 7) is 0. The maximum absolute atomic E-state index is 6.31. The van der Waals surface area contributed by atoms with Crippen LogP contribution >= 0.6 is 11.3 Å². The van der Waals surface area contributed by atoms with Gasteiger partial charge < -0.3 is 13.9 Å². The molecule has 0 N–H and O–H groups in total. The zero-order chi connectivity index (χ0) is 34.2. The van der Waals surface area contributed by atoms with Crippen LogP contribution in [0.3, 0.4) is 0 Å². The Hall–Kier alpha value is -6.69. The minimum Gasteiger partial charge on any atom is -0.436 e. The number of benzene rings is 8. The van der Waals surface area contributed by atoms with Gasteiger partial charge in [-0.2, -0.15) is 0 Å². The van der Waals surface area contributed by atoms with Gasteiger partial charge >= 0.3 is 0 Å². The fraction of sp³-hybridized carbons (Fsp3) is 0. The number of fused-ring (bicyclic) bond motifs is 9. The quantitative estimate of drug-likeness (QED) is 0.181. The molecule has 0 aliphatic rings. The number of para-hydroxylation sites is 2. The highest BCUT2D eigenvalue weighted by Gasteiger charge is 2.19. The van der Waals surface area contributed by atoms with E-state index in [0.717, 1.165) is 50.2 Å². The monoisotopic (exact) mass is 683 g/mol. The molecule has 0 aliphatic carbocycles. The van der Waals surface area contributed by atoms with E-state index in [1.807, 2.05) is 23.5 Å². The second-order valence-corrected chi connectivity index (χ2v) is 14.3. The summed E-state index contributed by atoms with van der Waals surface area (Å²) in [5.41, 5.74) is 9.37. The fourth-order valence-corrected chi connectivity index (χ4v) is 8.93. The van der Waals surface area contributed by atoms with Crippen molar-refractivity contribution in [2.24, 2.45) is 0 Å². The van der Waals surface area contributed by atoms with Crippen LogP contribution in [-0.2, 0) is 0 Å². The third-order valence-electron chi connectivity index (χ3n) is 10.2. The molecule has 0 unspecified atom stereocenters. The van der Waals surface area contributed by atoms with Gasteiger partial charge in [-0.3, -0.25) is 0 Å². The molecule has 4 nitrogen and oxygen atoms in total. The summed E-state index contributed by atoms with van der Waals surface area (Å²) in [7, 11) is 0. The third kappa shape index (κ3) is 4.50. The lowest BCUT2D eigenvalue weighted by molar-refractivity contribution is 0.620. The Morgan fingerprint density at radius 3 is 2.04 bits per heavy atom. The molecular formula is C47H29N3OS. The second-order valence-electron chi connectivity index (χ2n) is 13.2. The van der Waals surface area contributed by atoms with E-state index in [0.29, 0.717) is 5.89 Å². The van der Waals surface area contributed by atoms with Crippen LogP contribution in [-0.4, -0.2) is 9.55 Å². The summed E-state index contributed by atoms with van der Waals surface area (Å²) in [4.78, 5) is 7.33. The molecule has 5 heteroatoms. The standard InChI is InChI=1S/C47H29N3OS/c1-2-11-32(12-3-1)50-41-16-8-6-14-37(41)40-28-34(24-26-42(40)50)49(35-23-25-39-38-15-7-9-17-44(38)52-45(39)29-35)33-21-18-31(19-22-33)47-48-46-36-13-5-4-10-30(36)20-27-43(46)51-47/h1-29H. The van der Waals surface area contributed by atoms with Crippen molar-refractivity contribution in [3.05, 3.63) is 176 Å². The van der Waals surface area contributed by atoms with Gasteiger partial charge in [-0.15, -0.1) is 11.3 Å². The van der Waals surface area contributed by atoms with Crippen molar-refractivity contribution in [2.75, 3.05) is 4.90 Å². The number of thiophene rings is 1. The molecule has 0 saturated carbocycles.